The molecule has 1 aliphatic carbocycles. The van der Waals surface area contributed by atoms with Crippen molar-refractivity contribution in [3.05, 3.63) is 35.1 Å². The van der Waals surface area contributed by atoms with Gasteiger partial charge in [0.25, 0.3) is 0 Å². The van der Waals surface area contributed by atoms with Crippen LogP contribution in [-0.4, -0.2) is 0 Å². The van der Waals surface area contributed by atoms with E-state index in [0.717, 1.165) is 25.0 Å². The molecular weight excluding hydrogens is 246 g/mol. The van der Waals surface area contributed by atoms with Gasteiger partial charge in [0.2, 0.25) is 0 Å². The first-order chi connectivity index (χ1) is 8.30. The molecule has 1 nitrogen and oxygen atoms in total. The minimum absolute atomic E-state index is 0.168. The van der Waals surface area contributed by atoms with E-state index in [4.69, 9.17) is 5.73 Å². The van der Waals surface area contributed by atoms with Gasteiger partial charge >= 0.3 is 6.18 Å². The smallest absolute Gasteiger partial charge is 0.324 e. The first-order valence-electron chi connectivity index (χ1n) is 5.93. The van der Waals surface area contributed by atoms with Crippen molar-refractivity contribution in [3.8, 4) is 0 Å². The van der Waals surface area contributed by atoms with Crippen LogP contribution in [0.25, 0.3) is 0 Å². The maximum atomic E-state index is 13.4. The fourth-order valence-corrected chi connectivity index (χ4v) is 2.19. The van der Waals surface area contributed by atoms with Crippen LogP contribution in [-0.2, 0) is 6.18 Å². The normalized spacial score (nSPS) is 19.7. The molecule has 1 aromatic rings. The molecule has 0 radical (unpaired) electrons. The molecule has 0 bridgehead atoms. The van der Waals surface area contributed by atoms with Crippen LogP contribution in [0.4, 0.5) is 17.6 Å². The zero-order chi connectivity index (χ0) is 13.5. The molecule has 0 amide bonds. The van der Waals surface area contributed by atoms with Gasteiger partial charge in [-0.2, -0.15) is 13.2 Å². The maximum absolute atomic E-state index is 13.4. The van der Waals surface area contributed by atoms with Crippen molar-refractivity contribution in [2.75, 3.05) is 0 Å². The monoisotopic (exact) mass is 261 g/mol. The summed E-state index contributed by atoms with van der Waals surface area (Å²) in [6.07, 6.45) is -2.47. The maximum Gasteiger partial charge on any atom is 0.419 e. The largest absolute Gasteiger partial charge is 0.419 e. The van der Waals surface area contributed by atoms with Gasteiger partial charge in [-0.3, -0.25) is 0 Å². The number of halogens is 4. The van der Waals surface area contributed by atoms with Gasteiger partial charge in [0, 0.05) is 6.04 Å². The first kappa shape index (κ1) is 13.3. The SMILES string of the molecule is CC(C1CC1)C(N)c1ccc(C(F)(F)F)c(F)c1. The van der Waals surface area contributed by atoms with Crippen LogP contribution >= 0.6 is 0 Å². The third-order valence-electron chi connectivity index (χ3n) is 3.62. The van der Waals surface area contributed by atoms with E-state index < -0.39 is 23.6 Å². The van der Waals surface area contributed by atoms with Gasteiger partial charge < -0.3 is 5.73 Å². The molecule has 1 fully saturated rings. The molecule has 1 aliphatic rings. The molecule has 0 heterocycles. The van der Waals surface area contributed by atoms with Gasteiger partial charge in [0.1, 0.15) is 5.82 Å². The molecule has 1 saturated carbocycles. The third kappa shape index (κ3) is 2.66. The van der Waals surface area contributed by atoms with E-state index in [1.165, 1.54) is 6.07 Å². The minimum Gasteiger partial charge on any atom is -0.324 e. The highest BCUT2D eigenvalue weighted by Crippen LogP contribution is 2.42. The second-order valence-corrected chi connectivity index (χ2v) is 4.96. The molecule has 18 heavy (non-hydrogen) atoms. The zero-order valence-electron chi connectivity index (χ0n) is 9.97. The molecule has 0 aromatic heterocycles. The average molecular weight is 261 g/mol. The number of alkyl halides is 3. The summed E-state index contributed by atoms with van der Waals surface area (Å²) < 4.78 is 50.6. The summed E-state index contributed by atoms with van der Waals surface area (Å²) in [5, 5.41) is 0. The number of hydrogen-bond donors (Lipinski definition) is 1. The van der Waals surface area contributed by atoms with Crippen LogP contribution < -0.4 is 5.73 Å². The Hall–Kier alpha value is -1.10. The Morgan fingerprint density at radius 3 is 2.33 bits per heavy atom. The zero-order valence-corrected chi connectivity index (χ0v) is 9.97. The lowest BCUT2D eigenvalue weighted by molar-refractivity contribution is -0.140. The lowest BCUT2D eigenvalue weighted by Crippen LogP contribution is -2.21. The standard InChI is InChI=1S/C13H15F4N/c1-7(8-2-3-8)12(18)9-4-5-10(11(14)6-9)13(15,16)17/h4-8,12H,2-3,18H2,1H3. The van der Waals surface area contributed by atoms with E-state index in [0.29, 0.717) is 11.5 Å². The van der Waals surface area contributed by atoms with Gasteiger partial charge in [0.15, 0.2) is 0 Å². The Labute approximate surface area is 103 Å². The molecule has 0 spiro atoms. The van der Waals surface area contributed by atoms with Gasteiger partial charge in [-0.15, -0.1) is 0 Å². The van der Waals surface area contributed by atoms with E-state index in [9.17, 15) is 17.6 Å². The summed E-state index contributed by atoms with van der Waals surface area (Å²) in [6.45, 7) is 1.96. The number of rotatable bonds is 3. The molecular formula is C13H15F4N. The number of hydrogen-bond acceptors (Lipinski definition) is 1. The van der Waals surface area contributed by atoms with Crippen molar-refractivity contribution in [3.63, 3.8) is 0 Å². The molecule has 0 aliphatic heterocycles. The topological polar surface area (TPSA) is 26.0 Å². The summed E-state index contributed by atoms with van der Waals surface area (Å²) in [5.41, 5.74) is 5.15. The van der Waals surface area contributed by atoms with Crippen LogP contribution in [0.3, 0.4) is 0 Å². The van der Waals surface area contributed by atoms with Crippen molar-refractivity contribution >= 4 is 0 Å². The van der Waals surface area contributed by atoms with Crippen molar-refractivity contribution in [1.29, 1.82) is 0 Å². The third-order valence-corrected chi connectivity index (χ3v) is 3.62. The average Bonchev–Trinajstić information content (AvgIpc) is 3.09. The predicted octanol–water partition coefficient (Wildman–Crippen LogP) is 3.89. The first-order valence-corrected chi connectivity index (χ1v) is 5.93. The second kappa shape index (κ2) is 4.53. The van der Waals surface area contributed by atoms with Crippen LogP contribution in [0.5, 0.6) is 0 Å². The molecule has 2 unspecified atom stereocenters. The van der Waals surface area contributed by atoms with E-state index >= 15 is 0 Å². The second-order valence-electron chi connectivity index (χ2n) is 4.96. The lowest BCUT2D eigenvalue weighted by Gasteiger charge is -2.20. The molecule has 2 N–H and O–H groups in total. The van der Waals surface area contributed by atoms with E-state index in [1.807, 2.05) is 6.92 Å². The van der Waals surface area contributed by atoms with Gasteiger partial charge in [0.05, 0.1) is 5.56 Å². The van der Waals surface area contributed by atoms with Crippen molar-refractivity contribution in [2.24, 2.45) is 17.6 Å². The minimum atomic E-state index is -4.66. The Bertz CT molecular complexity index is 437. The van der Waals surface area contributed by atoms with Crippen LogP contribution in [0.1, 0.15) is 36.9 Å². The highest BCUT2D eigenvalue weighted by Gasteiger charge is 2.36. The summed E-state index contributed by atoms with van der Waals surface area (Å²) >= 11 is 0. The lowest BCUT2D eigenvalue weighted by atomic mass is 9.91. The quantitative estimate of drug-likeness (QED) is 0.821. The Kier molecular flexibility index (Phi) is 3.36. The van der Waals surface area contributed by atoms with Crippen molar-refractivity contribution in [1.82, 2.24) is 0 Å². The molecule has 1 aromatic carbocycles. The van der Waals surface area contributed by atoms with Crippen LogP contribution in [0.2, 0.25) is 0 Å². The highest BCUT2D eigenvalue weighted by molar-refractivity contribution is 5.29. The number of benzene rings is 1. The van der Waals surface area contributed by atoms with E-state index in [2.05, 4.69) is 0 Å². The summed E-state index contributed by atoms with van der Waals surface area (Å²) in [7, 11) is 0. The Morgan fingerprint density at radius 1 is 1.28 bits per heavy atom. The summed E-state index contributed by atoms with van der Waals surface area (Å²) in [6, 6.07) is 2.54. The van der Waals surface area contributed by atoms with Gasteiger partial charge in [-0.05, 0) is 42.4 Å². The number of nitrogens with two attached hydrogens (primary N) is 1. The van der Waals surface area contributed by atoms with E-state index in [1.54, 1.807) is 0 Å². The van der Waals surface area contributed by atoms with Gasteiger partial charge in [-0.1, -0.05) is 13.0 Å². The Morgan fingerprint density at radius 2 is 1.89 bits per heavy atom. The predicted molar refractivity (Wildman–Crippen MR) is 60.2 cm³/mol. The molecule has 100 valence electrons. The fraction of sp³-hybridized carbons (Fsp3) is 0.538. The Balaban J connectivity index is 2.22. The van der Waals surface area contributed by atoms with E-state index in [-0.39, 0.29) is 5.92 Å². The van der Waals surface area contributed by atoms with Gasteiger partial charge in [-0.25, -0.2) is 4.39 Å². The molecule has 5 heteroatoms. The summed E-state index contributed by atoms with van der Waals surface area (Å²) in [5.74, 6) is -0.565. The highest BCUT2D eigenvalue weighted by atomic mass is 19.4. The molecule has 2 rings (SSSR count). The van der Waals surface area contributed by atoms with Crippen LogP contribution in [0.15, 0.2) is 18.2 Å². The van der Waals surface area contributed by atoms with Crippen molar-refractivity contribution < 1.29 is 17.6 Å². The van der Waals surface area contributed by atoms with Crippen molar-refractivity contribution in [2.45, 2.75) is 32.0 Å². The molecule has 2 atom stereocenters. The summed E-state index contributed by atoms with van der Waals surface area (Å²) in [4.78, 5) is 0. The fourth-order valence-electron chi connectivity index (χ4n) is 2.19. The van der Waals surface area contributed by atoms with Crippen LogP contribution in [0, 0.1) is 17.7 Å². The molecule has 0 saturated heterocycles.